The highest BCUT2D eigenvalue weighted by atomic mass is 32.2. The van der Waals surface area contributed by atoms with Crippen molar-refractivity contribution in [3.63, 3.8) is 0 Å². The van der Waals surface area contributed by atoms with E-state index in [1.54, 1.807) is 13.2 Å². The molecule has 2 saturated heterocycles. The Bertz CT molecular complexity index is 2740. The molecule has 4 amide bonds. The Hall–Kier alpha value is -6.39. The largest absolute Gasteiger partial charge is 0.497 e. The molecule has 5 aromatic rings. The lowest BCUT2D eigenvalue weighted by atomic mass is 9.77. The molecule has 4 heterocycles. The number of nitrogens with zero attached hydrogens (tertiary/aromatic N) is 5. The number of ether oxygens (including phenoxy) is 2. The van der Waals surface area contributed by atoms with E-state index >= 15 is 4.79 Å². The zero-order chi connectivity index (χ0) is 47.9. The smallest absolute Gasteiger partial charge is 0.264 e. The van der Waals surface area contributed by atoms with Crippen LogP contribution in [0.5, 0.6) is 11.5 Å². The van der Waals surface area contributed by atoms with Crippen molar-refractivity contribution in [2.45, 2.75) is 102 Å². The van der Waals surface area contributed by atoms with Crippen LogP contribution < -0.4 is 14.8 Å². The van der Waals surface area contributed by atoms with Gasteiger partial charge >= 0.3 is 0 Å². The number of H-pyrrole nitrogens is 1. The van der Waals surface area contributed by atoms with Crippen molar-refractivity contribution < 1.29 is 37.4 Å². The number of benzene rings is 3. The Kier molecular flexibility index (Phi) is 13.0. The summed E-state index contributed by atoms with van der Waals surface area (Å²) < 4.78 is 36.1. The number of hydrogen-bond donors (Lipinski definition) is 3. The van der Waals surface area contributed by atoms with Gasteiger partial charge in [0, 0.05) is 60.0 Å². The van der Waals surface area contributed by atoms with Crippen molar-refractivity contribution in [2.75, 3.05) is 20.2 Å². The summed E-state index contributed by atoms with van der Waals surface area (Å²) in [5.41, 5.74) is 2.48. The van der Waals surface area contributed by atoms with Crippen molar-refractivity contribution in [1.29, 1.82) is 0 Å². The third-order valence-electron chi connectivity index (χ3n) is 14.0. The molecule has 3 unspecified atom stereocenters. The molecule has 356 valence electrons. The van der Waals surface area contributed by atoms with Gasteiger partial charge in [-0.2, -0.15) is 5.10 Å². The Morgan fingerprint density at radius 2 is 1.68 bits per heavy atom. The molecule has 4 aliphatic rings. The first kappa shape index (κ1) is 46.7. The number of amides is 4. The monoisotopic (exact) mass is 941 g/mol. The number of hydrogen-bond acceptors (Lipinski definition) is 9. The van der Waals surface area contributed by atoms with Crippen molar-refractivity contribution in [2.24, 2.45) is 17.3 Å². The van der Waals surface area contributed by atoms with Gasteiger partial charge in [0.1, 0.15) is 29.2 Å². The van der Waals surface area contributed by atoms with Gasteiger partial charge in [-0.1, -0.05) is 87.5 Å². The molecular weight excluding hydrogens is 883 g/mol. The van der Waals surface area contributed by atoms with E-state index in [0.29, 0.717) is 47.5 Å². The van der Waals surface area contributed by atoms with E-state index in [0.717, 1.165) is 46.1 Å². The van der Waals surface area contributed by atoms with Gasteiger partial charge in [-0.3, -0.25) is 28.8 Å². The summed E-state index contributed by atoms with van der Waals surface area (Å²) in [5.74, 6) is -2.05. The Morgan fingerprint density at radius 1 is 0.971 bits per heavy atom. The first-order chi connectivity index (χ1) is 32.7. The maximum atomic E-state index is 15.4. The minimum Gasteiger partial charge on any atom is -0.497 e. The summed E-state index contributed by atoms with van der Waals surface area (Å²) in [6, 6.07) is 27.1. The maximum Gasteiger partial charge on any atom is 0.264 e. The van der Waals surface area contributed by atoms with E-state index in [2.05, 4.69) is 22.1 Å². The molecule has 0 radical (unpaired) electrons. The van der Waals surface area contributed by atoms with Crippen molar-refractivity contribution >= 4 is 45.8 Å². The standard InChI is InChI=1S/C52H59N7O8S/c1-6-34-30-52(34,50(63)59(68(64)65)35-20-21-35)54-48(61)45-26-37(67-46-29-40(32-15-9-7-10-16-32)53-42-25-36(66-5)22-23-38(42)46)31-58(45)49(62)39(51(2,3)4)27-47(60)57-24-14-13-19-44(57)43-28-41(55-56-43)33-17-11-8-12-18-33/h6-12,15-18,22-23,25,28-29,34-35,37,39,44-45H,1,13-14,19-21,24,26-27,30-31H2,2-5H3,(H,54,61)(H,55,56)(H,64,65)/t34-,37-,39-,44?,45+,52?/m1/s1. The minimum absolute atomic E-state index is 0.00175. The molecule has 7 atom stereocenters. The number of rotatable bonds is 15. The second-order valence-corrected chi connectivity index (χ2v) is 20.5. The van der Waals surface area contributed by atoms with Crippen LogP contribution in [-0.4, -0.2) is 106 Å². The fourth-order valence-electron chi connectivity index (χ4n) is 9.97. The molecule has 9 rings (SSSR count). The van der Waals surface area contributed by atoms with Crippen molar-refractivity contribution in [1.82, 2.24) is 34.6 Å². The normalized spacial score (nSPS) is 23.4. The zero-order valence-corrected chi connectivity index (χ0v) is 39.7. The molecule has 0 bridgehead atoms. The molecule has 3 aromatic carbocycles. The Labute approximate surface area is 399 Å². The van der Waals surface area contributed by atoms with Crippen LogP contribution in [0.3, 0.4) is 0 Å². The number of fused-ring (bicyclic) bond motifs is 1. The van der Waals surface area contributed by atoms with E-state index in [4.69, 9.17) is 14.5 Å². The minimum atomic E-state index is -2.60. The number of nitrogens with one attached hydrogen (secondary N) is 2. The predicted octanol–water partition coefficient (Wildman–Crippen LogP) is 7.64. The van der Waals surface area contributed by atoms with Crippen LogP contribution in [0.25, 0.3) is 33.4 Å². The molecule has 2 aliphatic heterocycles. The summed E-state index contributed by atoms with van der Waals surface area (Å²) in [6.07, 6.45) is 4.65. The summed E-state index contributed by atoms with van der Waals surface area (Å²) in [6.45, 7) is 10.2. The molecule has 2 saturated carbocycles. The first-order valence-corrected chi connectivity index (χ1v) is 24.6. The average Bonchev–Trinajstić information content (AvgIpc) is 4.20. The van der Waals surface area contributed by atoms with E-state index in [9.17, 15) is 23.1 Å². The SMILES string of the molecule is C=C[C@@H]1CC1(NC(=O)[C@@H]1C[C@@H](Oc2cc(-c3ccccc3)nc3cc(OC)ccc23)CN1C(=O)[C@@H](CC(=O)N1CCCCC1c1cc(-c2ccccc2)n[nH]1)C(C)(C)C)C(=O)N(C1CC1)S(=O)O. The molecule has 16 heteroatoms. The van der Waals surface area contributed by atoms with Crippen LogP contribution >= 0.6 is 0 Å². The van der Waals surface area contributed by atoms with Crippen LogP contribution in [0.4, 0.5) is 0 Å². The van der Waals surface area contributed by atoms with E-state index < -0.39 is 64.1 Å². The summed E-state index contributed by atoms with van der Waals surface area (Å²) >= 11 is -2.60. The maximum absolute atomic E-state index is 15.4. The number of carbonyl (C=O) groups is 4. The van der Waals surface area contributed by atoms with Gasteiger partial charge in [-0.15, -0.1) is 6.58 Å². The molecule has 2 aliphatic carbocycles. The van der Waals surface area contributed by atoms with Crippen molar-refractivity contribution in [3.8, 4) is 34.0 Å². The fraction of sp³-hybridized carbons (Fsp3) is 0.423. The lowest BCUT2D eigenvalue weighted by Gasteiger charge is -2.39. The van der Waals surface area contributed by atoms with E-state index in [1.807, 2.05) is 117 Å². The molecule has 0 spiro atoms. The van der Waals surface area contributed by atoms with Gasteiger partial charge in [-0.25, -0.2) is 13.5 Å². The van der Waals surface area contributed by atoms with Crippen LogP contribution in [0.2, 0.25) is 0 Å². The molecule has 2 aromatic heterocycles. The highest BCUT2D eigenvalue weighted by Crippen LogP contribution is 2.48. The number of carbonyl (C=O) groups excluding carboxylic acids is 4. The quantitative estimate of drug-likeness (QED) is 0.0696. The summed E-state index contributed by atoms with van der Waals surface area (Å²) in [5, 5.41) is 11.5. The lowest BCUT2D eigenvalue weighted by Crippen LogP contribution is -2.57. The van der Waals surface area contributed by atoms with Gasteiger partial charge in [0.25, 0.3) is 17.2 Å². The van der Waals surface area contributed by atoms with Gasteiger partial charge in [0.2, 0.25) is 17.7 Å². The van der Waals surface area contributed by atoms with Crippen LogP contribution in [0.15, 0.2) is 104 Å². The van der Waals surface area contributed by atoms with Gasteiger partial charge in [-0.05, 0) is 62.1 Å². The number of methoxy groups -OCH3 is 1. The number of likely N-dealkylation sites (tertiary alicyclic amines) is 2. The van der Waals surface area contributed by atoms with Crippen LogP contribution in [0.1, 0.15) is 83.9 Å². The highest BCUT2D eigenvalue weighted by molar-refractivity contribution is 7.77. The van der Waals surface area contributed by atoms with Crippen LogP contribution in [-0.2, 0) is 30.4 Å². The number of aromatic amines is 1. The second-order valence-electron chi connectivity index (χ2n) is 19.6. The van der Waals surface area contributed by atoms with E-state index in [-0.39, 0.29) is 43.7 Å². The molecule has 3 N–H and O–H groups in total. The highest BCUT2D eigenvalue weighted by Gasteiger charge is 2.64. The number of pyridine rings is 1. The Morgan fingerprint density at radius 3 is 2.31 bits per heavy atom. The summed E-state index contributed by atoms with van der Waals surface area (Å²) in [4.78, 5) is 67.5. The van der Waals surface area contributed by atoms with Gasteiger partial charge in [0.05, 0.1) is 48.2 Å². The molecule has 68 heavy (non-hydrogen) atoms. The fourth-order valence-corrected chi connectivity index (χ4v) is 10.7. The molecular formula is C52H59N7O8S. The van der Waals surface area contributed by atoms with E-state index in [1.165, 1.54) is 4.90 Å². The second kappa shape index (κ2) is 18.9. The van der Waals surface area contributed by atoms with Gasteiger partial charge in [0.15, 0.2) is 0 Å². The third kappa shape index (κ3) is 9.40. The molecule has 15 nitrogen and oxygen atoms in total. The first-order valence-electron chi connectivity index (χ1n) is 23.5. The van der Waals surface area contributed by atoms with Crippen LogP contribution in [0, 0.1) is 17.3 Å². The lowest BCUT2D eigenvalue weighted by molar-refractivity contribution is -0.149. The topological polar surface area (TPSA) is 187 Å². The average molecular weight is 942 g/mol. The Balaban J connectivity index is 1.03. The zero-order valence-electron chi connectivity index (χ0n) is 38.9. The van der Waals surface area contributed by atoms with Crippen molar-refractivity contribution in [3.05, 3.63) is 109 Å². The van der Waals surface area contributed by atoms with Gasteiger partial charge < -0.3 is 24.6 Å². The molecule has 4 fully saturated rings. The summed E-state index contributed by atoms with van der Waals surface area (Å²) in [7, 11) is 1.59. The number of aromatic nitrogens is 3. The predicted molar refractivity (Wildman–Crippen MR) is 258 cm³/mol. The third-order valence-corrected chi connectivity index (χ3v) is 14.8. The number of piperidine rings is 1.